The number of nitrogen functional groups attached to an aromatic ring is 1. The van der Waals surface area contributed by atoms with E-state index >= 15 is 0 Å². The smallest absolute Gasteiger partial charge is 0.148 e. The van der Waals surface area contributed by atoms with Crippen molar-refractivity contribution in [3.63, 3.8) is 0 Å². The Balaban J connectivity index is 2.42. The molecular weight excluding hydrogens is 157 g/mol. The fourth-order valence-electron chi connectivity index (χ4n) is 1.02. The zero-order valence-corrected chi connectivity index (χ0v) is 7.26. The number of hydrogen-bond donors (Lipinski definition) is 1. The van der Waals surface area contributed by atoms with E-state index in [2.05, 4.69) is 5.10 Å². The fourth-order valence-corrected chi connectivity index (χ4v) is 1.02. The maximum atomic E-state index is 11.7. The Morgan fingerprint density at radius 1 is 1.58 bits per heavy atom. The van der Waals surface area contributed by atoms with Crippen molar-refractivity contribution in [2.75, 3.05) is 12.4 Å². The molecule has 0 unspecified atom stereocenters. The van der Waals surface area contributed by atoms with Crippen LogP contribution >= 0.6 is 0 Å². The maximum absolute atomic E-state index is 11.7. The molecule has 0 aliphatic rings. The lowest BCUT2D eigenvalue weighted by Crippen LogP contribution is -1.99. The molecule has 68 valence electrons. The number of halogens is 1. The van der Waals surface area contributed by atoms with Crippen LogP contribution in [0, 0.1) is 6.92 Å². The molecule has 1 aromatic heterocycles. The van der Waals surface area contributed by atoms with Crippen molar-refractivity contribution in [1.29, 1.82) is 0 Å². The van der Waals surface area contributed by atoms with Gasteiger partial charge in [0.2, 0.25) is 0 Å². The largest absolute Gasteiger partial charge is 0.382 e. The summed E-state index contributed by atoms with van der Waals surface area (Å²) in [5.74, 6) is 0.565. The molecule has 0 atom stereocenters. The van der Waals surface area contributed by atoms with Crippen LogP contribution in [0.1, 0.15) is 18.4 Å². The topological polar surface area (TPSA) is 43.8 Å². The minimum Gasteiger partial charge on any atom is -0.382 e. The second-order valence-corrected chi connectivity index (χ2v) is 2.86. The van der Waals surface area contributed by atoms with Gasteiger partial charge in [-0.3, -0.25) is 9.07 Å². The number of unbranched alkanes of at least 4 members (excludes halogenated alkanes) is 1. The lowest BCUT2D eigenvalue weighted by atomic mass is 10.3. The normalized spacial score (nSPS) is 10.5. The zero-order valence-electron chi connectivity index (χ0n) is 7.26. The van der Waals surface area contributed by atoms with E-state index in [-0.39, 0.29) is 6.67 Å². The first-order valence-corrected chi connectivity index (χ1v) is 4.09. The molecule has 4 heteroatoms. The Bertz CT molecular complexity index is 225. The molecule has 0 saturated carbocycles. The minimum absolute atomic E-state index is 0.254. The molecule has 1 aromatic rings. The summed E-state index contributed by atoms with van der Waals surface area (Å²) in [7, 11) is 0. The van der Waals surface area contributed by atoms with Crippen LogP contribution in [0.4, 0.5) is 10.2 Å². The first-order chi connectivity index (χ1) is 5.74. The summed E-state index contributed by atoms with van der Waals surface area (Å²) >= 11 is 0. The summed E-state index contributed by atoms with van der Waals surface area (Å²) < 4.78 is 13.5. The maximum Gasteiger partial charge on any atom is 0.148 e. The van der Waals surface area contributed by atoms with Crippen LogP contribution in [0.15, 0.2) is 6.20 Å². The number of aromatic nitrogens is 2. The molecule has 0 bridgehead atoms. The second kappa shape index (κ2) is 4.09. The van der Waals surface area contributed by atoms with E-state index in [0.29, 0.717) is 12.2 Å². The monoisotopic (exact) mass is 171 g/mol. The number of hydrogen-bond acceptors (Lipinski definition) is 2. The molecule has 2 N–H and O–H groups in total. The summed E-state index contributed by atoms with van der Waals surface area (Å²) in [5.41, 5.74) is 6.52. The van der Waals surface area contributed by atoms with Gasteiger partial charge in [-0.1, -0.05) is 0 Å². The van der Waals surface area contributed by atoms with Crippen molar-refractivity contribution < 1.29 is 4.39 Å². The number of alkyl halides is 1. The van der Waals surface area contributed by atoms with Gasteiger partial charge in [0.15, 0.2) is 0 Å². The number of anilines is 1. The van der Waals surface area contributed by atoms with Gasteiger partial charge in [0, 0.05) is 18.3 Å². The molecule has 0 saturated heterocycles. The van der Waals surface area contributed by atoms with Gasteiger partial charge in [0.05, 0.1) is 6.67 Å². The summed E-state index contributed by atoms with van der Waals surface area (Å²) in [4.78, 5) is 0. The average Bonchev–Trinajstić information content (AvgIpc) is 2.32. The lowest BCUT2D eigenvalue weighted by molar-refractivity contribution is 0.440. The molecule has 0 aliphatic carbocycles. The molecule has 3 nitrogen and oxygen atoms in total. The molecule has 12 heavy (non-hydrogen) atoms. The van der Waals surface area contributed by atoms with E-state index < -0.39 is 0 Å². The first-order valence-electron chi connectivity index (χ1n) is 4.09. The van der Waals surface area contributed by atoms with E-state index in [1.165, 1.54) is 0 Å². The summed E-state index contributed by atoms with van der Waals surface area (Å²) in [6.07, 6.45) is 3.30. The van der Waals surface area contributed by atoms with Crippen molar-refractivity contribution in [2.24, 2.45) is 0 Å². The van der Waals surface area contributed by atoms with Gasteiger partial charge in [-0.05, 0) is 19.8 Å². The quantitative estimate of drug-likeness (QED) is 0.698. The number of nitrogens with two attached hydrogens (primary N) is 1. The molecule has 0 aliphatic heterocycles. The SMILES string of the molecule is Cc1cn(CCCCF)nc1N. The van der Waals surface area contributed by atoms with Crippen LogP contribution in [0.3, 0.4) is 0 Å². The van der Waals surface area contributed by atoms with Gasteiger partial charge in [-0.15, -0.1) is 0 Å². The molecular formula is C8H14FN3. The molecule has 0 amide bonds. The second-order valence-electron chi connectivity index (χ2n) is 2.86. The highest BCUT2D eigenvalue weighted by atomic mass is 19.1. The van der Waals surface area contributed by atoms with Crippen LogP contribution < -0.4 is 5.73 Å². The van der Waals surface area contributed by atoms with Crippen LogP contribution in [0.25, 0.3) is 0 Å². The van der Waals surface area contributed by atoms with E-state index in [0.717, 1.165) is 18.5 Å². The number of nitrogens with zero attached hydrogens (tertiary/aromatic N) is 2. The molecule has 0 radical (unpaired) electrons. The van der Waals surface area contributed by atoms with E-state index in [1.807, 2.05) is 13.1 Å². The van der Waals surface area contributed by atoms with Crippen molar-refractivity contribution in [3.05, 3.63) is 11.8 Å². The Kier molecular flexibility index (Phi) is 3.08. The molecule has 0 spiro atoms. The highest BCUT2D eigenvalue weighted by Gasteiger charge is 1.99. The first kappa shape index (κ1) is 9.03. The summed E-state index contributed by atoms with van der Waals surface area (Å²) in [6, 6.07) is 0. The molecule has 0 fully saturated rings. The standard InChI is InChI=1S/C8H14FN3/c1-7-6-12(11-8(7)10)5-3-2-4-9/h6H,2-5H2,1H3,(H2,10,11). The Morgan fingerprint density at radius 2 is 2.33 bits per heavy atom. The van der Waals surface area contributed by atoms with Gasteiger partial charge < -0.3 is 5.73 Å². The van der Waals surface area contributed by atoms with Crippen molar-refractivity contribution in [1.82, 2.24) is 9.78 Å². The molecule has 0 aromatic carbocycles. The third-order valence-corrected chi connectivity index (χ3v) is 1.75. The van der Waals surface area contributed by atoms with Gasteiger partial charge >= 0.3 is 0 Å². The number of rotatable bonds is 4. The van der Waals surface area contributed by atoms with Gasteiger partial charge in [0.1, 0.15) is 5.82 Å². The molecule has 1 rings (SSSR count). The highest BCUT2D eigenvalue weighted by molar-refractivity contribution is 5.35. The van der Waals surface area contributed by atoms with Crippen molar-refractivity contribution in [2.45, 2.75) is 26.3 Å². The van der Waals surface area contributed by atoms with Crippen LogP contribution in [0.2, 0.25) is 0 Å². The fraction of sp³-hybridized carbons (Fsp3) is 0.625. The van der Waals surface area contributed by atoms with Crippen molar-refractivity contribution in [3.8, 4) is 0 Å². The van der Waals surface area contributed by atoms with E-state index in [4.69, 9.17) is 5.73 Å². The van der Waals surface area contributed by atoms with E-state index in [1.54, 1.807) is 4.68 Å². The van der Waals surface area contributed by atoms with Crippen molar-refractivity contribution >= 4 is 5.82 Å². The molecule has 1 heterocycles. The third kappa shape index (κ3) is 2.22. The van der Waals surface area contributed by atoms with Gasteiger partial charge in [-0.25, -0.2) is 0 Å². The lowest BCUT2D eigenvalue weighted by Gasteiger charge is -1.97. The predicted octanol–water partition coefficient (Wildman–Crippen LogP) is 1.52. The summed E-state index contributed by atoms with van der Waals surface area (Å²) in [6.45, 7) is 2.41. The third-order valence-electron chi connectivity index (χ3n) is 1.75. The van der Waals surface area contributed by atoms with E-state index in [9.17, 15) is 4.39 Å². The highest BCUT2D eigenvalue weighted by Crippen LogP contribution is 2.06. The zero-order chi connectivity index (χ0) is 8.97. The van der Waals surface area contributed by atoms with Crippen LogP contribution in [-0.4, -0.2) is 16.5 Å². The van der Waals surface area contributed by atoms with Gasteiger partial charge in [0.25, 0.3) is 0 Å². The van der Waals surface area contributed by atoms with Crippen LogP contribution in [0.5, 0.6) is 0 Å². The Hall–Kier alpha value is -1.06. The minimum atomic E-state index is -0.254. The average molecular weight is 171 g/mol. The Morgan fingerprint density at radius 3 is 2.83 bits per heavy atom. The number of aryl methyl sites for hydroxylation is 2. The summed E-state index contributed by atoms with van der Waals surface area (Å²) in [5, 5.41) is 4.05. The Labute approximate surface area is 71.4 Å². The van der Waals surface area contributed by atoms with Crippen LogP contribution in [-0.2, 0) is 6.54 Å². The predicted molar refractivity (Wildman–Crippen MR) is 46.6 cm³/mol. The van der Waals surface area contributed by atoms with Gasteiger partial charge in [-0.2, -0.15) is 5.10 Å².